The predicted molar refractivity (Wildman–Crippen MR) is 104 cm³/mol. The van der Waals surface area contributed by atoms with Gasteiger partial charge in [0, 0.05) is 5.69 Å². The Hall–Kier alpha value is -3.65. The molecule has 0 aliphatic heterocycles. The third-order valence-electron chi connectivity index (χ3n) is 3.75. The summed E-state index contributed by atoms with van der Waals surface area (Å²) in [5.41, 5.74) is 2.25. The molecule has 2 heterocycles. The maximum absolute atomic E-state index is 12.0. The maximum Gasteiger partial charge on any atom is 0.293 e. The number of thiocarbonyl (C=S) groups is 1. The molecule has 0 unspecified atom stereocenters. The third-order valence-corrected chi connectivity index (χ3v) is 3.95. The van der Waals surface area contributed by atoms with Crippen LogP contribution in [0.5, 0.6) is 5.75 Å². The summed E-state index contributed by atoms with van der Waals surface area (Å²) in [6.07, 6.45) is 1.40. The molecule has 27 heavy (non-hydrogen) atoms. The number of aromatic hydroxyl groups is 1. The van der Waals surface area contributed by atoms with E-state index < -0.39 is 5.91 Å². The van der Waals surface area contributed by atoms with Crippen molar-refractivity contribution in [1.82, 2.24) is 10.3 Å². The van der Waals surface area contributed by atoms with Gasteiger partial charge < -0.3 is 19.3 Å². The molecule has 0 radical (unpaired) electrons. The largest absolute Gasteiger partial charge is 0.507 e. The first-order valence-corrected chi connectivity index (χ1v) is 8.36. The molecule has 0 fully saturated rings. The average molecular weight is 379 g/mol. The Labute approximate surface area is 158 Å². The summed E-state index contributed by atoms with van der Waals surface area (Å²) < 4.78 is 10.7. The number of hydrogen-bond donors (Lipinski definition) is 3. The number of rotatable bonds is 3. The molecule has 2 aromatic heterocycles. The van der Waals surface area contributed by atoms with Crippen LogP contribution in [0.25, 0.3) is 22.6 Å². The Morgan fingerprint density at radius 3 is 2.74 bits per heavy atom. The van der Waals surface area contributed by atoms with Crippen LogP contribution in [0.2, 0.25) is 0 Å². The van der Waals surface area contributed by atoms with E-state index in [-0.39, 0.29) is 22.5 Å². The zero-order chi connectivity index (χ0) is 18.8. The first-order chi connectivity index (χ1) is 13.1. The zero-order valence-electron chi connectivity index (χ0n) is 13.8. The summed E-state index contributed by atoms with van der Waals surface area (Å²) in [5, 5.41) is 15.7. The topological polar surface area (TPSA) is 101 Å². The number of amides is 1. The minimum atomic E-state index is -0.463. The van der Waals surface area contributed by atoms with Crippen LogP contribution in [0.15, 0.2) is 69.7 Å². The first kappa shape index (κ1) is 16.8. The highest BCUT2D eigenvalue weighted by Gasteiger charge is 2.14. The summed E-state index contributed by atoms with van der Waals surface area (Å²) in [6.45, 7) is 0. The molecule has 0 bridgehead atoms. The summed E-state index contributed by atoms with van der Waals surface area (Å²) in [4.78, 5) is 16.3. The molecule has 4 rings (SSSR count). The number of nitrogens with zero attached hydrogens (tertiary/aromatic N) is 1. The van der Waals surface area contributed by atoms with Crippen molar-refractivity contribution in [3.63, 3.8) is 0 Å². The van der Waals surface area contributed by atoms with Gasteiger partial charge in [0.15, 0.2) is 16.5 Å². The molecule has 0 aliphatic rings. The van der Waals surface area contributed by atoms with E-state index in [0.717, 1.165) is 0 Å². The lowest BCUT2D eigenvalue weighted by atomic mass is 10.1. The number of benzene rings is 2. The number of phenols is 1. The van der Waals surface area contributed by atoms with Crippen molar-refractivity contribution in [3.05, 3.63) is 66.6 Å². The summed E-state index contributed by atoms with van der Waals surface area (Å²) in [5.74, 6) is -0.0204. The molecule has 4 aromatic rings. The van der Waals surface area contributed by atoms with Crippen molar-refractivity contribution in [2.24, 2.45) is 0 Å². The van der Waals surface area contributed by atoms with Crippen LogP contribution in [0.3, 0.4) is 0 Å². The standard InChI is InChI=1S/C19H13N3O4S/c23-14-8-7-11(20-19(27)22-17(24)16-6-3-9-25-16)10-12(14)18-21-13-4-1-2-5-15(13)26-18/h1-10,23H,(H2,20,22,24,27). The summed E-state index contributed by atoms with van der Waals surface area (Å²) in [7, 11) is 0. The Bertz CT molecular complexity index is 1100. The fourth-order valence-corrected chi connectivity index (χ4v) is 2.72. The van der Waals surface area contributed by atoms with E-state index in [4.69, 9.17) is 21.1 Å². The number of carbonyl (C=O) groups is 1. The summed E-state index contributed by atoms with van der Waals surface area (Å²) in [6, 6.07) is 15.2. The SMILES string of the molecule is O=C(NC(=S)Nc1ccc(O)c(-c2nc3ccccc3o2)c1)c1ccco1. The molecule has 1 amide bonds. The molecular formula is C19H13N3O4S. The normalized spacial score (nSPS) is 10.7. The van der Waals surface area contributed by atoms with Gasteiger partial charge in [-0.25, -0.2) is 4.98 Å². The molecule has 0 atom stereocenters. The summed E-state index contributed by atoms with van der Waals surface area (Å²) >= 11 is 5.15. The predicted octanol–water partition coefficient (Wildman–Crippen LogP) is 3.92. The molecule has 2 aromatic carbocycles. The number of aromatic nitrogens is 1. The van der Waals surface area contributed by atoms with Gasteiger partial charge in [-0.1, -0.05) is 12.1 Å². The smallest absolute Gasteiger partial charge is 0.293 e. The van der Waals surface area contributed by atoms with Crippen molar-refractivity contribution >= 4 is 40.0 Å². The molecule has 134 valence electrons. The Morgan fingerprint density at radius 1 is 1.11 bits per heavy atom. The van der Waals surface area contributed by atoms with Crippen molar-refractivity contribution in [2.75, 3.05) is 5.32 Å². The maximum atomic E-state index is 12.0. The Kier molecular flexibility index (Phi) is 4.31. The third kappa shape index (κ3) is 3.51. The fraction of sp³-hybridized carbons (Fsp3) is 0. The second-order valence-electron chi connectivity index (χ2n) is 5.60. The van der Waals surface area contributed by atoms with Crippen LogP contribution in [-0.4, -0.2) is 21.1 Å². The van der Waals surface area contributed by atoms with Crippen molar-refractivity contribution in [2.45, 2.75) is 0 Å². The lowest BCUT2D eigenvalue weighted by molar-refractivity contribution is 0.0950. The van der Waals surface area contributed by atoms with Gasteiger partial charge in [0.05, 0.1) is 11.8 Å². The number of para-hydroxylation sites is 2. The van der Waals surface area contributed by atoms with Gasteiger partial charge >= 0.3 is 0 Å². The van der Waals surface area contributed by atoms with Crippen LogP contribution >= 0.6 is 12.2 Å². The lowest BCUT2D eigenvalue weighted by Crippen LogP contribution is -2.33. The van der Waals surface area contributed by atoms with E-state index in [1.54, 1.807) is 24.3 Å². The monoisotopic (exact) mass is 379 g/mol. The van der Waals surface area contributed by atoms with Crippen LogP contribution in [0.1, 0.15) is 10.6 Å². The molecule has 3 N–H and O–H groups in total. The van der Waals surface area contributed by atoms with Crippen LogP contribution < -0.4 is 10.6 Å². The molecule has 0 saturated heterocycles. The van der Waals surface area contributed by atoms with Crippen molar-refractivity contribution in [1.29, 1.82) is 0 Å². The fourth-order valence-electron chi connectivity index (χ4n) is 2.51. The molecule has 8 heteroatoms. The highest BCUT2D eigenvalue weighted by atomic mass is 32.1. The van der Waals surface area contributed by atoms with E-state index >= 15 is 0 Å². The lowest BCUT2D eigenvalue weighted by Gasteiger charge is -2.10. The first-order valence-electron chi connectivity index (χ1n) is 7.95. The quantitative estimate of drug-likeness (QED) is 0.366. The zero-order valence-corrected chi connectivity index (χ0v) is 14.6. The number of oxazole rings is 1. The van der Waals surface area contributed by atoms with Gasteiger partial charge in [0.1, 0.15) is 11.3 Å². The number of carbonyl (C=O) groups excluding carboxylic acids is 1. The number of nitrogens with one attached hydrogen (secondary N) is 2. The number of phenolic OH excluding ortho intramolecular Hbond substituents is 1. The number of anilines is 1. The van der Waals surface area contributed by atoms with Crippen molar-refractivity contribution in [3.8, 4) is 17.2 Å². The average Bonchev–Trinajstić information content (AvgIpc) is 3.32. The van der Waals surface area contributed by atoms with Crippen molar-refractivity contribution < 1.29 is 18.7 Å². The van der Waals surface area contributed by atoms with Gasteiger partial charge in [0.25, 0.3) is 5.91 Å². The minimum Gasteiger partial charge on any atom is -0.507 e. The number of fused-ring (bicyclic) bond motifs is 1. The Morgan fingerprint density at radius 2 is 1.96 bits per heavy atom. The minimum absolute atomic E-state index is 0.0117. The van der Waals surface area contributed by atoms with Crippen LogP contribution in [-0.2, 0) is 0 Å². The van der Waals surface area contributed by atoms with Gasteiger partial charge in [-0.05, 0) is 54.7 Å². The molecule has 0 spiro atoms. The Balaban J connectivity index is 1.55. The van der Waals surface area contributed by atoms with Crippen LogP contribution in [0.4, 0.5) is 5.69 Å². The number of hydrogen-bond acceptors (Lipinski definition) is 6. The van der Waals surface area contributed by atoms with Gasteiger partial charge in [-0.3, -0.25) is 10.1 Å². The van der Waals surface area contributed by atoms with Gasteiger partial charge in [-0.15, -0.1) is 0 Å². The molecule has 7 nitrogen and oxygen atoms in total. The van der Waals surface area contributed by atoms with Gasteiger partial charge in [-0.2, -0.15) is 0 Å². The van der Waals surface area contributed by atoms with E-state index in [0.29, 0.717) is 22.4 Å². The second-order valence-corrected chi connectivity index (χ2v) is 6.01. The van der Waals surface area contributed by atoms with E-state index in [1.165, 1.54) is 18.4 Å². The second kappa shape index (κ2) is 6.93. The van der Waals surface area contributed by atoms with E-state index in [1.807, 2.05) is 18.2 Å². The van der Waals surface area contributed by atoms with E-state index in [2.05, 4.69) is 15.6 Å². The number of furan rings is 1. The van der Waals surface area contributed by atoms with Crippen LogP contribution in [0, 0.1) is 0 Å². The van der Waals surface area contributed by atoms with E-state index in [9.17, 15) is 9.90 Å². The molecule has 0 saturated carbocycles. The highest BCUT2D eigenvalue weighted by Crippen LogP contribution is 2.33. The molecule has 0 aliphatic carbocycles. The highest BCUT2D eigenvalue weighted by molar-refractivity contribution is 7.80. The van der Waals surface area contributed by atoms with Gasteiger partial charge in [0.2, 0.25) is 5.89 Å². The molecular weight excluding hydrogens is 366 g/mol.